The van der Waals surface area contributed by atoms with Crippen LogP contribution in [0.2, 0.25) is 0 Å². The van der Waals surface area contributed by atoms with Gasteiger partial charge in [-0.3, -0.25) is 0 Å². The van der Waals surface area contributed by atoms with Gasteiger partial charge >= 0.3 is 0 Å². The molecule has 23 heavy (non-hydrogen) atoms. The molecule has 3 heterocycles. The lowest BCUT2D eigenvalue weighted by molar-refractivity contribution is 0.357. The molecule has 2 atom stereocenters. The van der Waals surface area contributed by atoms with Gasteiger partial charge in [0.1, 0.15) is 5.82 Å². The standard InChI is InChI=1S/C18H27N5/c19-17-21-15-13(4-3-8-18(15)6-1-2-7-18)16(22-17)23-10-12-5-9-20-14(12)11-23/h12,14,20H,1-11H2,(H2,19,21,22). The predicted octanol–water partition coefficient (Wildman–Crippen LogP) is 2.00. The van der Waals surface area contributed by atoms with E-state index >= 15 is 0 Å². The van der Waals surface area contributed by atoms with E-state index in [-0.39, 0.29) is 0 Å². The fourth-order valence-electron chi connectivity index (χ4n) is 5.70. The number of rotatable bonds is 1. The summed E-state index contributed by atoms with van der Waals surface area (Å²) in [4.78, 5) is 12.0. The van der Waals surface area contributed by atoms with E-state index in [1.807, 2.05) is 0 Å². The van der Waals surface area contributed by atoms with E-state index in [2.05, 4.69) is 10.2 Å². The molecular weight excluding hydrogens is 286 g/mol. The summed E-state index contributed by atoms with van der Waals surface area (Å²) < 4.78 is 0. The fraction of sp³-hybridized carbons (Fsp3) is 0.778. The molecule has 2 aliphatic carbocycles. The van der Waals surface area contributed by atoms with Crippen LogP contribution in [0.15, 0.2) is 0 Å². The van der Waals surface area contributed by atoms with E-state index in [1.54, 1.807) is 0 Å². The van der Waals surface area contributed by atoms with Gasteiger partial charge in [-0.05, 0) is 51.0 Å². The molecule has 5 nitrogen and oxygen atoms in total. The lowest BCUT2D eigenvalue weighted by Crippen LogP contribution is -2.34. The van der Waals surface area contributed by atoms with Gasteiger partial charge < -0.3 is 16.0 Å². The second-order valence-electron chi connectivity index (χ2n) is 8.09. The Hall–Kier alpha value is -1.36. The molecule has 124 valence electrons. The molecule has 2 unspecified atom stereocenters. The summed E-state index contributed by atoms with van der Waals surface area (Å²) in [6.07, 6.45) is 10.3. The van der Waals surface area contributed by atoms with E-state index in [0.717, 1.165) is 31.2 Å². The highest BCUT2D eigenvalue weighted by Crippen LogP contribution is 2.49. The molecule has 5 heteroatoms. The number of aromatic nitrogens is 2. The molecule has 3 N–H and O–H groups in total. The second kappa shape index (κ2) is 5.07. The maximum atomic E-state index is 6.15. The van der Waals surface area contributed by atoms with Crippen molar-refractivity contribution in [3.63, 3.8) is 0 Å². The monoisotopic (exact) mass is 313 g/mol. The summed E-state index contributed by atoms with van der Waals surface area (Å²) >= 11 is 0. The molecule has 0 radical (unpaired) electrons. The van der Waals surface area contributed by atoms with Gasteiger partial charge in [0.25, 0.3) is 0 Å². The van der Waals surface area contributed by atoms with E-state index in [1.165, 1.54) is 62.7 Å². The van der Waals surface area contributed by atoms with Crippen LogP contribution >= 0.6 is 0 Å². The number of nitrogen functional groups attached to an aromatic ring is 1. The predicted molar refractivity (Wildman–Crippen MR) is 91.6 cm³/mol. The normalized spacial score (nSPS) is 31.6. The number of hydrogen-bond acceptors (Lipinski definition) is 5. The first kappa shape index (κ1) is 14.0. The van der Waals surface area contributed by atoms with E-state index < -0.39 is 0 Å². The number of nitrogens with zero attached hydrogens (tertiary/aromatic N) is 3. The fourth-order valence-corrected chi connectivity index (χ4v) is 5.70. The molecule has 1 aromatic heterocycles. The maximum absolute atomic E-state index is 6.15. The average molecular weight is 313 g/mol. The van der Waals surface area contributed by atoms with Gasteiger partial charge in [0.15, 0.2) is 0 Å². The molecule has 1 spiro atoms. The van der Waals surface area contributed by atoms with Gasteiger partial charge in [-0.1, -0.05) is 12.8 Å². The van der Waals surface area contributed by atoms with Gasteiger partial charge in [-0.25, -0.2) is 4.98 Å². The molecule has 0 aromatic carbocycles. The third-order valence-corrected chi connectivity index (χ3v) is 6.81. The molecule has 2 saturated heterocycles. The Bertz CT molecular complexity index is 610. The largest absolute Gasteiger partial charge is 0.368 e. The van der Waals surface area contributed by atoms with E-state index in [4.69, 9.17) is 15.7 Å². The van der Waals surface area contributed by atoms with Gasteiger partial charge in [-0.2, -0.15) is 4.98 Å². The second-order valence-corrected chi connectivity index (χ2v) is 8.09. The first-order valence-corrected chi connectivity index (χ1v) is 9.40. The van der Waals surface area contributed by atoms with Crippen LogP contribution in [0.5, 0.6) is 0 Å². The molecule has 1 aromatic rings. The summed E-state index contributed by atoms with van der Waals surface area (Å²) in [6, 6.07) is 0.644. The lowest BCUT2D eigenvalue weighted by atomic mass is 9.71. The number of anilines is 2. The lowest BCUT2D eigenvalue weighted by Gasteiger charge is -2.36. The first-order valence-electron chi connectivity index (χ1n) is 9.40. The Morgan fingerprint density at radius 1 is 1.09 bits per heavy atom. The summed E-state index contributed by atoms with van der Waals surface area (Å²) in [5, 5.41) is 3.65. The minimum Gasteiger partial charge on any atom is -0.368 e. The summed E-state index contributed by atoms with van der Waals surface area (Å²) in [7, 11) is 0. The van der Waals surface area contributed by atoms with Crippen LogP contribution in [0.3, 0.4) is 0 Å². The first-order chi connectivity index (χ1) is 11.3. The average Bonchev–Trinajstić information content (AvgIpc) is 3.23. The minimum absolute atomic E-state index is 0.313. The van der Waals surface area contributed by atoms with Crippen molar-refractivity contribution < 1.29 is 0 Å². The molecular formula is C18H27N5. The van der Waals surface area contributed by atoms with Crippen molar-refractivity contribution in [2.75, 3.05) is 30.3 Å². The van der Waals surface area contributed by atoms with Crippen molar-refractivity contribution in [3.05, 3.63) is 11.3 Å². The van der Waals surface area contributed by atoms with Crippen LogP contribution in [0.25, 0.3) is 0 Å². The number of fused-ring (bicyclic) bond motifs is 3. The van der Waals surface area contributed by atoms with E-state index in [9.17, 15) is 0 Å². The number of hydrogen-bond donors (Lipinski definition) is 2. The Labute approximate surface area is 138 Å². The van der Waals surface area contributed by atoms with Gasteiger partial charge in [0, 0.05) is 30.1 Å². The van der Waals surface area contributed by atoms with Crippen LogP contribution in [-0.2, 0) is 11.8 Å². The summed E-state index contributed by atoms with van der Waals surface area (Å²) in [5.74, 6) is 2.43. The third-order valence-electron chi connectivity index (χ3n) is 6.81. The Balaban J connectivity index is 1.56. The van der Waals surface area contributed by atoms with Gasteiger partial charge in [0.2, 0.25) is 5.95 Å². The minimum atomic E-state index is 0.313. The van der Waals surface area contributed by atoms with Crippen LogP contribution < -0.4 is 16.0 Å². The SMILES string of the molecule is Nc1nc(N2CC3CCNC3C2)c2c(n1)C1(CCCC1)CCC2. The number of nitrogens with two attached hydrogens (primary N) is 1. The molecule has 0 bridgehead atoms. The molecule has 0 amide bonds. The Kier molecular flexibility index (Phi) is 3.09. The van der Waals surface area contributed by atoms with Crippen LogP contribution in [-0.4, -0.2) is 35.6 Å². The van der Waals surface area contributed by atoms with Crippen molar-refractivity contribution in [1.82, 2.24) is 15.3 Å². The number of nitrogens with one attached hydrogen (secondary N) is 1. The Morgan fingerprint density at radius 2 is 1.91 bits per heavy atom. The highest BCUT2D eigenvalue weighted by Gasteiger charge is 2.43. The molecule has 5 rings (SSSR count). The zero-order valence-corrected chi connectivity index (χ0v) is 13.9. The van der Waals surface area contributed by atoms with Crippen LogP contribution in [0, 0.1) is 5.92 Å². The topological polar surface area (TPSA) is 67.1 Å². The van der Waals surface area contributed by atoms with Crippen molar-refractivity contribution in [2.24, 2.45) is 5.92 Å². The van der Waals surface area contributed by atoms with Crippen molar-refractivity contribution in [2.45, 2.75) is 62.8 Å². The quantitative estimate of drug-likeness (QED) is 0.830. The molecule has 1 saturated carbocycles. The smallest absolute Gasteiger partial charge is 0.222 e. The molecule has 3 fully saturated rings. The van der Waals surface area contributed by atoms with Crippen LogP contribution in [0.4, 0.5) is 11.8 Å². The third kappa shape index (κ3) is 2.09. The maximum Gasteiger partial charge on any atom is 0.222 e. The van der Waals surface area contributed by atoms with Gasteiger partial charge in [-0.15, -0.1) is 0 Å². The summed E-state index contributed by atoms with van der Waals surface area (Å²) in [5.41, 5.74) is 9.20. The zero-order chi connectivity index (χ0) is 15.4. The van der Waals surface area contributed by atoms with Crippen LogP contribution in [0.1, 0.15) is 56.2 Å². The molecule has 2 aliphatic heterocycles. The highest BCUT2D eigenvalue weighted by molar-refractivity contribution is 5.56. The Morgan fingerprint density at radius 3 is 2.74 bits per heavy atom. The summed E-state index contributed by atoms with van der Waals surface area (Å²) in [6.45, 7) is 3.39. The molecule has 4 aliphatic rings. The zero-order valence-electron chi connectivity index (χ0n) is 13.9. The van der Waals surface area contributed by atoms with Crippen molar-refractivity contribution in [3.8, 4) is 0 Å². The van der Waals surface area contributed by atoms with Crippen molar-refractivity contribution in [1.29, 1.82) is 0 Å². The highest BCUT2D eigenvalue weighted by atomic mass is 15.3. The van der Waals surface area contributed by atoms with Gasteiger partial charge in [0.05, 0.1) is 5.69 Å². The van der Waals surface area contributed by atoms with Crippen molar-refractivity contribution >= 4 is 11.8 Å². The van der Waals surface area contributed by atoms with E-state index in [0.29, 0.717) is 17.4 Å².